The molecular weight excluding hydrogens is 235 g/mol. The number of rotatable bonds is 2. The summed E-state index contributed by atoms with van der Waals surface area (Å²) in [6, 6.07) is 3.37. The molecule has 0 aliphatic carbocycles. The van der Waals surface area contributed by atoms with Crippen molar-refractivity contribution in [1.82, 2.24) is 0 Å². The Morgan fingerprint density at radius 1 is 1.33 bits per heavy atom. The van der Waals surface area contributed by atoms with Gasteiger partial charge >= 0.3 is 0 Å². The van der Waals surface area contributed by atoms with E-state index in [4.69, 9.17) is 27.9 Å². The standard InChI is InChI=1S/C11H12Cl2O2/c1-2-3-8-10(14)9-6(12)4-5-7(13)11(9)15-8/h4-5,8,10,14H,2-3H2,1H3. The van der Waals surface area contributed by atoms with E-state index >= 15 is 0 Å². The zero-order valence-electron chi connectivity index (χ0n) is 8.34. The zero-order chi connectivity index (χ0) is 11.0. The molecule has 4 heteroatoms. The van der Waals surface area contributed by atoms with Gasteiger partial charge in [-0.25, -0.2) is 0 Å². The minimum Gasteiger partial charge on any atom is -0.485 e. The maximum absolute atomic E-state index is 10.0. The molecule has 0 spiro atoms. The topological polar surface area (TPSA) is 29.5 Å². The van der Waals surface area contributed by atoms with Crippen molar-refractivity contribution in [2.45, 2.75) is 32.0 Å². The molecular formula is C11H12Cl2O2. The number of benzene rings is 1. The molecule has 2 atom stereocenters. The average molecular weight is 247 g/mol. The molecule has 0 saturated carbocycles. The maximum atomic E-state index is 10.0. The van der Waals surface area contributed by atoms with Crippen molar-refractivity contribution in [2.75, 3.05) is 0 Å². The molecule has 2 rings (SSSR count). The molecule has 1 aromatic rings. The Bertz CT molecular complexity index is 379. The quantitative estimate of drug-likeness (QED) is 0.865. The van der Waals surface area contributed by atoms with Crippen LogP contribution in [0, 0.1) is 0 Å². The van der Waals surface area contributed by atoms with E-state index in [0.29, 0.717) is 21.4 Å². The highest BCUT2D eigenvalue weighted by Gasteiger charge is 2.35. The first-order valence-corrected chi connectivity index (χ1v) is 5.73. The van der Waals surface area contributed by atoms with Crippen LogP contribution in [0.5, 0.6) is 5.75 Å². The highest BCUT2D eigenvalue weighted by atomic mass is 35.5. The van der Waals surface area contributed by atoms with E-state index in [2.05, 4.69) is 0 Å². The number of ether oxygens (including phenoxy) is 1. The summed E-state index contributed by atoms with van der Waals surface area (Å²) in [5, 5.41) is 11.0. The van der Waals surface area contributed by atoms with Crippen molar-refractivity contribution in [3.05, 3.63) is 27.7 Å². The van der Waals surface area contributed by atoms with Crippen molar-refractivity contribution in [1.29, 1.82) is 0 Å². The number of aliphatic hydroxyl groups excluding tert-OH is 1. The number of halogens is 2. The summed E-state index contributed by atoms with van der Waals surface area (Å²) in [6.45, 7) is 2.04. The van der Waals surface area contributed by atoms with Gasteiger partial charge in [-0.2, -0.15) is 0 Å². The third-order valence-electron chi connectivity index (χ3n) is 2.59. The first kappa shape index (κ1) is 11.1. The Hall–Kier alpha value is -0.440. The van der Waals surface area contributed by atoms with Gasteiger partial charge in [0.25, 0.3) is 0 Å². The molecule has 0 radical (unpaired) electrons. The predicted octanol–water partition coefficient (Wildman–Crippen LogP) is 3.59. The fourth-order valence-electron chi connectivity index (χ4n) is 1.85. The molecule has 15 heavy (non-hydrogen) atoms. The smallest absolute Gasteiger partial charge is 0.145 e. The van der Waals surface area contributed by atoms with Crippen molar-refractivity contribution >= 4 is 23.2 Å². The highest BCUT2D eigenvalue weighted by Crippen LogP contribution is 2.46. The van der Waals surface area contributed by atoms with Crippen LogP contribution < -0.4 is 4.74 Å². The minimum atomic E-state index is -0.661. The lowest BCUT2D eigenvalue weighted by Gasteiger charge is -2.12. The van der Waals surface area contributed by atoms with Gasteiger partial charge in [0.2, 0.25) is 0 Å². The number of aliphatic hydroxyl groups is 1. The van der Waals surface area contributed by atoms with Crippen LogP contribution in [0.1, 0.15) is 31.4 Å². The van der Waals surface area contributed by atoms with Crippen molar-refractivity contribution < 1.29 is 9.84 Å². The Morgan fingerprint density at radius 2 is 2.00 bits per heavy atom. The summed E-state index contributed by atoms with van der Waals surface area (Å²) >= 11 is 12.0. The van der Waals surface area contributed by atoms with E-state index in [9.17, 15) is 5.11 Å². The van der Waals surface area contributed by atoms with Gasteiger partial charge in [-0.3, -0.25) is 0 Å². The molecule has 1 heterocycles. The third-order valence-corrected chi connectivity index (χ3v) is 3.21. The molecule has 82 valence electrons. The van der Waals surface area contributed by atoms with Crippen molar-refractivity contribution in [3.63, 3.8) is 0 Å². The van der Waals surface area contributed by atoms with Gasteiger partial charge in [0.05, 0.1) is 10.0 Å². The minimum absolute atomic E-state index is 0.220. The number of hydrogen-bond acceptors (Lipinski definition) is 2. The summed E-state index contributed by atoms with van der Waals surface area (Å²) in [7, 11) is 0. The monoisotopic (exact) mass is 246 g/mol. The molecule has 1 N–H and O–H groups in total. The van der Waals surface area contributed by atoms with Crippen molar-refractivity contribution in [2.24, 2.45) is 0 Å². The Morgan fingerprint density at radius 3 is 2.60 bits per heavy atom. The summed E-state index contributed by atoms with van der Waals surface area (Å²) in [4.78, 5) is 0. The van der Waals surface area contributed by atoms with Gasteiger partial charge in [-0.1, -0.05) is 36.5 Å². The van der Waals surface area contributed by atoms with Gasteiger partial charge in [0, 0.05) is 5.56 Å². The lowest BCUT2D eigenvalue weighted by molar-refractivity contribution is 0.0617. The van der Waals surface area contributed by atoms with E-state index in [1.165, 1.54) is 0 Å². The lowest BCUT2D eigenvalue weighted by Crippen LogP contribution is -2.17. The van der Waals surface area contributed by atoms with Gasteiger partial charge in [0.15, 0.2) is 0 Å². The second kappa shape index (κ2) is 4.20. The second-order valence-electron chi connectivity index (χ2n) is 3.66. The van der Waals surface area contributed by atoms with Gasteiger partial charge in [-0.05, 0) is 18.6 Å². The molecule has 1 aromatic carbocycles. The second-order valence-corrected chi connectivity index (χ2v) is 4.48. The lowest BCUT2D eigenvalue weighted by atomic mass is 10.0. The third kappa shape index (κ3) is 1.82. The molecule has 0 amide bonds. The first-order chi connectivity index (χ1) is 7.15. The van der Waals surface area contributed by atoms with E-state index in [1.54, 1.807) is 12.1 Å². The van der Waals surface area contributed by atoms with Crippen LogP contribution in [0.25, 0.3) is 0 Å². The number of fused-ring (bicyclic) bond motifs is 1. The molecule has 1 aliphatic heterocycles. The zero-order valence-corrected chi connectivity index (χ0v) is 9.85. The van der Waals surface area contributed by atoms with E-state index in [-0.39, 0.29) is 6.10 Å². The normalized spacial score (nSPS) is 23.7. The van der Waals surface area contributed by atoms with E-state index in [0.717, 1.165) is 12.8 Å². The van der Waals surface area contributed by atoms with Crippen LogP contribution in [-0.4, -0.2) is 11.2 Å². The van der Waals surface area contributed by atoms with Crippen LogP contribution in [0.3, 0.4) is 0 Å². The summed E-state index contributed by atoms with van der Waals surface area (Å²) in [5.41, 5.74) is 0.627. The molecule has 0 aromatic heterocycles. The van der Waals surface area contributed by atoms with Crippen LogP contribution in [0.2, 0.25) is 10.0 Å². The van der Waals surface area contributed by atoms with Crippen LogP contribution in [0.4, 0.5) is 0 Å². The molecule has 1 aliphatic rings. The van der Waals surface area contributed by atoms with Crippen LogP contribution >= 0.6 is 23.2 Å². The van der Waals surface area contributed by atoms with Crippen molar-refractivity contribution in [3.8, 4) is 5.75 Å². The molecule has 0 fully saturated rings. The molecule has 0 saturated heterocycles. The summed E-state index contributed by atoms with van der Waals surface area (Å²) < 4.78 is 5.60. The summed E-state index contributed by atoms with van der Waals surface area (Å²) in [5.74, 6) is 0.537. The SMILES string of the molecule is CCCC1Oc2c(Cl)ccc(Cl)c2C1O. The number of hydrogen-bond donors (Lipinski definition) is 1. The first-order valence-electron chi connectivity index (χ1n) is 4.97. The molecule has 2 nitrogen and oxygen atoms in total. The highest BCUT2D eigenvalue weighted by molar-refractivity contribution is 6.35. The molecule has 0 bridgehead atoms. The largest absolute Gasteiger partial charge is 0.485 e. The molecule has 2 unspecified atom stereocenters. The van der Waals surface area contributed by atoms with Crippen LogP contribution in [0.15, 0.2) is 12.1 Å². The van der Waals surface area contributed by atoms with Gasteiger partial charge in [-0.15, -0.1) is 0 Å². The van der Waals surface area contributed by atoms with E-state index < -0.39 is 6.10 Å². The van der Waals surface area contributed by atoms with Gasteiger partial charge in [0.1, 0.15) is 18.0 Å². The fourth-order valence-corrected chi connectivity index (χ4v) is 2.32. The van der Waals surface area contributed by atoms with Crippen LogP contribution in [-0.2, 0) is 0 Å². The Kier molecular flexibility index (Phi) is 3.10. The Labute approximate surface area is 98.8 Å². The van der Waals surface area contributed by atoms with Gasteiger partial charge < -0.3 is 9.84 Å². The average Bonchev–Trinajstić information content (AvgIpc) is 2.53. The maximum Gasteiger partial charge on any atom is 0.145 e. The predicted molar refractivity (Wildman–Crippen MR) is 60.7 cm³/mol. The summed E-state index contributed by atoms with van der Waals surface area (Å²) in [6.07, 6.45) is 0.863. The van der Waals surface area contributed by atoms with E-state index in [1.807, 2.05) is 6.92 Å². The Balaban J connectivity index is 2.40. The fraction of sp³-hybridized carbons (Fsp3) is 0.455.